The molecule has 82 valence electrons. The lowest BCUT2D eigenvalue weighted by molar-refractivity contribution is -0.138. The van der Waals surface area contributed by atoms with Crippen molar-refractivity contribution >= 4 is 17.6 Å². The summed E-state index contributed by atoms with van der Waals surface area (Å²) in [5.74, 6) is -4.93. The maximum Gasteiger partial charge on any atom is 0.310 e. The number of phenols is 2. The SMILES string of the molecule is CC(C(=O)O)c1cc(F)c(O)c(Cl)c1O. The van der Waals surface area contributed by atoms with Gasteiger partial charge in [0.15, 0.2) is 11.6 Å². The molecule has 0 saturated carbocycles. The number of carboxylic acid groups (broad SMARTS) is 1. The Kier molecular flexibility index (Phi) is 3.04. The number of hydrogen-bond acceptors (Lipinski definition) is 3. The number of benzene rings is 1. The lowest BCUT2D eigenvalue weighted by Crippen LogP contribution is -2.08. The summed E-state index contributed by atoms with van der Waals surface area (Å²) < 4.78 is 13.0. The third-order valence-corrected chi connectivity index (χ3v) is 2.39. The third-order valence-electron chi connectivity index (χ3n) is 2.03. The fourth-order valence-electron chi connectivity index (χ4n) is 1.08. The Morgan fingerprint density at radius 3 is 2.47 bits per heavy atom. The number of carbonyl (C=O) groups is 1. The van der Waals surface area contributed by atoms with E-state index in [0.717, 1.165) is 6.07 Å². The standard InChI is InChI=1S/C9H8ClFO4/c1-3(9(14)15)4-2-5(11)8(13)6(10)7(4)12/h2-3,12-13H,1H3,(H,14,15). The van der Waals surface area contributed by atoms with Crippen molar-refractivity contribution in [3.05, 3.63) is 22.5 Å². The lowest BCUT2D eigenvalue weighted by Gasteiger charge is -2.11. The van der Waals surface area contributed by atoms with E-state index < -0.39 is 34.2 Å². The van der Waals surface area contributed by atoms with Crippen LogP contribution in [0.15, 0.2) is 6.07 Å². The van der Waals surface area contributed by atoms with E-state index in [4.69, 9.17) is 21.8 Å². The molecule has 0 amide bonds. The Balaban J connectivity index is 3.38. The predicted octanol–water partition coefficient (Wildman–Crippen LogP) is 2.08. The zero-order valence-corrected chi connectivity index (χ0v) is 8.42. The molecule has 0 fully saturated rings. The van der Waals surface area contributed by atoms with Gasteiger partial charge in [0.05, 0.1) is 5.92 Å². The van der Waals surface area contributed by atoms with Gasteiger partial charge in [0.2, 0.25) is 0 Å². The monoisotopic (exact) mass is 234 g/mol. The van der Waals surface area contributed by atoms with Crippen molar-refractivity contribution in [1.82, 2.24) is 0 Å². The zero-order chi connectivity index (χ0) is 11.7. The van der Waals surface area contributed by atoms with E-state index in [0.29, 0.717) is 0 Å². The first-order chi connectivity index (χ1) is 6.86. The molecule has 1 rings (SSSR count). The van der Waals surface area contributed by atoms with Crippen LogP contribution in [-0.2, 0) is 4.79 Å². The Hall–Kier alpha value is -1.49. The van der Waals surface area contributed by atoms with Gasteiger partial charge in [0, 0.05) is 5.56 Å². The molecule has 1 aromatic rings. The van der Waals surface area contributed by atoms with Crippen molar-refractivity contribution in [3.63, 3.8) is 0 Å². The quantitative estimate of drug-likeness (QED) is 0.732. The van der Waals surface area contributed by atoms with Gasteiger partial charge in [0.25, 0.3) is 0 Å². The van der Waals surface area contributed by atoms with Crippen molar-refractivity contribution in [1.29, 1.82) is 0 Å². The number of phenolic OH excluding ortho intramolecular Hbond substituents is 2. The van der Waals surface area contributed by atoms with Crippen LogP contribution in [0.1, 0.15) is 18.4 Å². The number of rotatable bonds is 2. The van der Waals surface area contributed by atoms with Crippen molar-refractivity contribution in [2.45, 2.75) is 12.8 Å². The average molecular weight is 235 g/mol. The van der Waals surface area contributed by atoms with Gasteiger partial charge in [0.1, 0.15) is 10.8 Å². The van der Waals surface area contributed by atoms with Crippen molar-refractivity contribution < 1.29 is 24.5 Å². The Labute approximate surface area is 89.5 Å². The second-order valence-corrected chi connectivity index (χ2v) is 3.40. The van der Waals surface area contributed by atoms with Crippen LogP contribution in [0.2, 0.25) is 5.02 Å². The summed E-state index contributed by atoms with van der Waals surface area (Å²) in [4.78, 5) is 10.6. The maximum atomic E-state index is 13.0. The topological polar surface area (TPSA) is 77.8 Å². The van der Waals surface area contributed by atoms with Crippen LogP contribution in [0.5, 0.6) is 11.5 Å². The molecule has 0 aliphatic carbocycles. The molecule has 0 aliphatic rings. The summed E-state index contributed by atoms with van der Waals surface area (Å²) in [6, 6.07) is 0.745. The fraction of sp³-hybridized carbons (Fsp3) is 0.222. The minimum absolute atomic E-state index is 0.178. The number of carboxylic acids is 1. The van der Waals surface area contributed by atoms with E-state index in [9.17, 15) is 14.3 Å². The van der Waals surface area contributed by atoms with Crippen molar-refractivity contribution in [2.75, 3.05) is 0 Å². The van der Waals surface area contributed by atoms with E-state index in [2.05, 4.69) is 0 Å². The molecule has 15 heavy (non-hydrogen) atoms. The van der Waals surface area contributed by atoms with Gasteiger partial charge in [-0.2, -0.15) is 0 Å². The number of aliphatic carboxylic acids is 1. The minimum Gasteiger partial charge on any atom is -0.506 e. The summed E-state index contributed by atoms with van der Waals surface area (Å²) in [7, 11) is 0. The van der Waals surface area contributed by atoms with Crippen LogP contribution in [0.3, 0.4) is 0 Å². The van der Waals surface area contributed by atoms with E-state index in [1.54, 1.807) is 0 Å². The van der Waals surface area contributed by atoms with Crippen molar-refractivity contribution in [3.8, 4) is 11.5 Å². The number of halogens is 2. The largest absolute Gasteiger partial charge is 0.506 e. The third kappa shape index (κ3) is 1.97. The molecule has 0 saturated heterocycles. The van der Waals surface area contributed by atoms with E-state index in [1.165, 1.54) is 6.92 Å². The molecule has 3 N–H and O–H groups in total. The first kappa shape index (κ1) is 11.6. The molecule has 0 radical (unpaired) electrons. The van der Waals surface area contributed by atoms with Crippen molar-refractivity contribution in [2.24, 2.45) is 0 Å². The fourth-order valence-corrected chi connectivity index (χ4v) is 1.28. The first-order valence-corrected chi connectivity index (χ1v) is 4.36. The van der Waals surface area contributed by atoms with Crippen LogP contribution in [0.4, 0.5) is 4.39 Å². The molecule has 1 atom stereocenters. The van der Waals surface area contributed by atoms with Crippen LogP contribution in [0, 0.1) is 5.82 Å². The molecular weight excluding hydrogens is 227 g/mol. The molecule has 0 bridgehead atoms. The van der Waals surface area contributed by atoms with Crippen LogP contribution in [-0.4, -0.2) is 21.3 Å². The molecule has 6 heteroatoms. The highest BCUT2D eigenvalue weighted by atomic mass is 35.5. The summed E-state index contributed by atoms with van der Waals surface area (Å²) in [6.07, 6.45) is 0. The predicted molar refractivity (Wildman–Crippen MR) is 50.8 cm³/mol. The summed E-state index contributed by atoms with van der Waals surface area (Å²) in [5, 5.41) is 26.5. The van der Waals surface area contributed by atoms with Gasteiger partial charge in [-0.3, -0.25) is 4.79 Å². The summed E-state index contributed by atoms with van der Waals surface area (Å²) in [6.45, 7) is 1.27. The average Bonchev–Trinajstić information content (AvgIpc) is 2.19. The molecule has 0 aromatic heterocycles. The van der Waals surface area contributed by atoms with E-state index >= 15 is 0 Å². The summed E-state index contributed by atoms with van der Waals surface area (Å²) >= 11 is 5.40. The van der Waals surface area contributed by atoms with Gasteiger partial charge in [-0.15, -0.1) is 0 Å². The van der Waals surface area contributed by atoms with Gasteiger partial charge < -0.3 is 15.3 Å². The number of aromatic hydroxyl groups is 2. The highest BCUT2D eigenvalue weighted by Crippen LogP contribution is 2.40. The second kappa shape index (κ2) is 3.94. The molecule has 0 aliphatic heterocycles. The first-order valence-electron chi connectivity index (χ1n) is 3.98. The van der Waals surface area contributed by atoms with E-state index in [-0.39, 0.29) is 5.56 Å². The zero-order valence-electron chi connectivity index (χ0n) is 7.66. The van der Waals surface area contributed by atoms with Gasteiger partial charge in [-0.05, 0) is 13.0 Å². The highest BCUT2D eigenvalue weighted by Gasteiger charge is 2.23. The van der Waals surface area contributed by atoms with Crippen LogP contribution < -0.4 is 0 Å². The van der Waals surface area contributed by atoms with Gasteiger partial charge in [-0.25, -0.2) is 4.39 Å². The molecule has 1 unspecified atom stereocenters. The van der Waals surface area contributed by atoms with Gasteiger partial charge >= 0.3 is 5.97 Å². The Morgan fingerprint density at radius 1 is 1.47 bits per heavy atom. The smallest absolute Gasteiger partial charge is 0.310 e. The van der Waals surface area contributed by atoms with Gasteiger partial charge in [-0.1, -0.05) is 11.6 Å². The van der Waals surface area contributed by atoms with E-state index in [1.807, 2.05) is 0 Å². The Bertz CT molecular complexity index is 419. The molecule has 0 heterocycles. The second-order valence-electron chi connectivity index (χ2n) is 3.02. The molecule has 4 nitrogen and oxygen atoms in total. The maximum absolute atomic E-state index is 13.0. The van der Waals surface area contributed by atoms with Crippen LogP contribution in [0.25, 0.3) is 0 Å². The number of hydrogen-bond donors (Lipinski definition) is 3. The highest BCUT2D eigenvalue weighted by molar-refractivity contribution is 6.33. The summed E-state index contributed by atoms with van der Waals surface area (Å²) in [5.41, 5.74) is -0.178. The normalized spacial score (nSPS) is 12.5. The Morgan fingerprint density at radius 2 is 2.00 bits per heavy atom. The molecular formula is C9H8ClFO4. The lowest BCUT2D eigenvalue weighted by atomic mass is 10.00. The molecule has 0 spiro atoms. The minimum atomic E-state index is -1.23. The van der Waals surface area contributed by atoms with Crippen LogP contribution >= 0.6 is 11.6 Å². The molecule has 1 aromatic carbocycles.